The fraction of sp³-hybridized carbons (Fsp3) is 0.421. The van der Waals surface area contributed by atoms with E-state index >= 15 is 0 Å². The van der Waals surface area contributed by atoms with E-state index in [1.165, 1.54) is 5.56 Å². The van der Waals surface area contributed by atoms with Gasteiger partial charge in [-0.2, -0.15) is 0 Å². The molecule has 1 aliphatic rings. The van der Waals surface area contributed by atoms with Gasteiger partial charge >= 0.3 is 0 Å². The Morgan fingerprint density at radius 1 is 1.20 bits per heavy atom. The van der Waals surface area contributed by atoms with Gasteiger partial charge in [-0.3, -0.25) is 0 Å². The molecule has 3 aromatic rings. The second-order valence-corrected chi connectivity index (χ2v) is 7.02. The number of aliphatic hydroxyl groups is 1. The van der Waals surface area contributed by atoms with Crippen molar-refractivity contribution < 1.29 is 5.11 Å². The van der Waals surface area contributed by atoms with Crippen molar-refractivity contribution in [2.75, 3.05) is 5.32 Å². The smallest absolute Gasteiger partial charge is 0.165 e. The monoisotopic (exact) mass is 337 g/mol. The number of fused-ring (bicyclic) bond motifs is 1. The van der Waals surface area contributed by atoms with Crippen molar-refractivity contribution in [1.29, 1.82) is 0 Å². The molecule has 1 saturated carbocycles. The molecule has 4 rings (SSSR count). The molecule has 0 spiro atoms. The predicted molar refractivity (Wildman–Crippen MR) is 97.2 cm³/mol. The number of aromatic nitrogens is 4. The van der Waals surface area contributed by atoms with Crippen molar-refractivity contribution >= 4 is 17.0 Å². The zero-order valence-corrected chi connectivity index (χ0v) is 14.4. The molecule has 6 nitrogen and oxygen atoms in total. The Kier molecular flexibility index (Phi) is 4.13. The van der Waals surface area contributed by atoms with Crippen LogP contribution in [0.2, 0.25) is 0 Å². The first-order valence-electron chi connectivity index (χ1n) is 8.82. The minimum atomic E-state index is -0.516. The molecule has 1 aliphatic carbocycles. The van der Waals surface area contributed by atoms with Crippen molar-refractivity contribution in [3.63, 3.8) is 0 Å². The van der Waals surface area contributed by atoms with Gasteiger partial charge in [0, 0.05) is 12.6 Å². The Labute approximate surface area is 147 Å². The lowest BCUT2D eigenvalue weighted by molar-refractivity contribution is -0.0491. The molecule has 25 heavy (non-hydrogen) atoms. The summed E-state index contributed by atoms with van der Waals surface area (Å²) in [5.41, 5.74) is 2.25. The van der Waals surface area contributed by atoms with E-state index < -0.39 is 5.60 Å². The fourth-order valence-corrected chi connectivity index (χ4v) is 3.52. The van der Waals surface area contributed by atoms with E-state index in [0.717, 1.165) is 42.7 Å². The molecule has 0 radical (unpaired) electrons. The Morgan fingerprint density at radius 3 is 2.72 bits per heavy atom. The second kappa shape index (κ2) is 6.44. The first-order chi connectivity index (χ1) is 12.1. The maximum Gasteiger partial charge on any atom is 0.165 e. The van der Waals surface area contributed by atoms with Crippen LogP contribution in [0.3, 0.4) is 0 Å². The summed E-state index contributed by atoms with van der Waals surface area (Å²) in [5.74, 6) is 0.738. The summed E-state index contributed by atoms with van der Waals surface area (Å²) in [6.07, 6.45) is 7.00. The highest BCUT2D eigenvalue weighted by Crippen LogP contribution is 2.38. The van der Waals surface area contributed by atoms with Crippen LogP contribution >= 0.6 is 0 Å². The minimum Gasteiger partial charge on any atom is -0.390 e. The summed E-state index contributed by atoms with van der Waals surface area (Å²) in [5, 5.41) is 13.8. The molecular formula is C19H23N5O. The van der Waals surface area contributed by atoms with Gasteiger partial charge in [0.15, 0.2) is 11.5 Å². The summed E-state index contributed by atoms with van der Waals surface area (Å²) in [6.45, 7) is 2.80. The molecule has 0 bridgehead atoms. The van der Waals surface area contributed by atoms with Crippen molar-refractivity contribution in [2.24, 2.45) is 0 Å². The third-order valence-electron chi connectivity index (χ3n) is 5.10. The lowest BCUT2D eigenvalue weighted by Crippen LogP contribution is -2.38. The molecule has 1 unspecified atom stereocenters. The average Bonchev–Trinajstić information content (AvgIpc) is 3.04. The van der Waals surface area contributed by atoms with Crippen LogP contribution in [0.25, 0.3) is 11.2 Å². The van der Waals surface area contributed by atoms with Gasteiger partial charge in [-0.05, 0) is 38.2 Å². The molecule has 2 aromatic heterocycles. The van der Waals surface area contributed by atoms with E-state index in [4.69, 9.17) is 0 Å². The Balaban J connectivity index is 1.55. The lowest BCUT2D eigenvalue weighted by Gasteiger charge is -2.38. The van der Waals surface area contributed by atoms with E-state index in [2.05, 4.69) is 39.3 Å². The van der Waals surface area contributed by atoms with Gasteiger partial charge < -0.3 is 15.0 Å². The molecule has 2 heterocycles. The Bertz CT molecular complexity index is 857. The number of nitrogens with one attached hydrogen (secondary N) is 1. The van der Waals surface area contributed by atoms with E-state index in [9.17, 15) is 5.11 Å². The summed E-state index contributed by atoms with van der Waals surface area (Å²) >= 11 is 0. The van der Waals surface area contributed by atoms with Crippen LogP contribution in [0, 0.1) is 0 Å². The number of hydrogen-bond donors (Lipinski definition) is 2. The maximum atomic E-state index is 10.4. The minimum absolute atomic E-state index is 0.146. The molecule has 6 heteroatoms. The summed E-state index contributed by atoms with van der Waals surface area (Å²) in [6, 6.07) is 10.3. The molecule has 1 aromatic carbocycles. The summed E-state index contributed by atoms with van der Waals surface area (Å²) in [7, 11) is 0. The molecule has 2 N–H and O–H groups in total. The van der Waals surface area contributed by atoms with Gasteiger partial charge in [-0.15, -0.1) is 0 Å². The third-order valence-corrected chi connectivity index (χ3v) is 5.10. The normalized spacial score (nSPS) is 17.2. The largest absolute Gasteiger partial charge is 0.390 e. The number of benzene rings is 1. The van der Waals surface area contributed by atoms with Crippen molar-refractivity contribution in [2.45, 2.75) is 50.8 Å². The zero-order chi connectivity index (χ0) is 17.3. The summed E-state index contributed by atoms with van der Waals surface area (Å²) < 4.78 is 2.04. The molecular weight excluding hydrogens is 314 g/mol. The second-order valence-electron chi connectivity index (χ2n) is 7.02. The maximum absolute atomic E-state index is 10.4. The standard InChI is InChI=1S/C19H23N5O/c1-14(10-19(25)8-5-9-19)24-13-23-16-17(21-12-22-18(16)24)20-11-15-6-3-2-4-7-15/h2-4,6-7,12-14,25H,5,8-11H2,1H3,(H,20,21,22). The van der Waals surface area contributed by atoms with Gasteiger partial charge in [0.05, 0.1) is 11.9 Å². The van der Waals surface area contributed by atoms with Gasteiger partial charge in [0.25, 0.3) is 0 Å². The first kappa shape index (κ1) is 16.0. The van der Waals surface area contributed by atoms with Crippen LogP contribution in [0.1, 0.15) is 44.2 Å². The van der Waals surface area contributed by atoms with Crippen LogP contribution in [0.15, 0.2) is 43.0 Å². The number of anilines is 1. The number of hydrogen-bond acceptors (Lipinski definition) is 5. The van der Waals surface area contributed by atoms with E-state index in [1.807, 2.05) is 22.8 Å². The highest BCUT2D eigenvalue weighted by molar-refractivity contribution is 5.82. The van der Waals surface area contributed by atoms with Gasteiger partial charge in [0.2, 0.25) is 0 Å². The highest BCUT2D eigenvalue weighted by Gasteiger charge is 2.36. The molecule has 0 amide bonds. The van der Waals surface area contributed by atoms with Crippen LogP contribution in [0.5, 0.6) is 0 Å². The lowest BCUT2D eigenvalue weighted by atomic mass is 9.76. The SMILES string of the molecule is CC(CC1(O)CCC1)n1cnc2c(NCc3ccccc3)ncnc21. The van der Waals surface area contributed by atoms with Crippen LogP contribution in [-0.2, 0) is 6.54 Å². The Hall–Kier alpha value is -2.47. The quantitative estimate of drug-likeness (QED) is 0.722. The van der Waals surface area contributed by atoms with Gasteiger partial charge in [-0.1, -0.05) is 30.3 Å². The van der Waals surface area contributed by atoms with Crippen LogP contribution < -0.4 is 5.32 Å². The zero-order valence-electron chi connectivity index (χ0n) is 14.4. The predicted octanol–water partition coefficient (Wildman–Crippen LogP) is 3.30. The van der Waals surface area contributed by atoms with E-state index in [-0.39, 0.29) is 6.04 Å². The number of imidazole rings is 1. The van der Waals surface area contributed by atoms with Crippen LogP contribution in [0.4, 0.5) is 5.82 Å². The molecule has 130 valence electrons. The highest BCUT2D eigenvalue weighted by atomic mass is 16.3. The first-order valence-corrected chi connectivity index (χ1v) is 8.82. The fourth-order valence-electron chi connectivity index (χ4n) is 3.52. The number of nitrogens with zero attached hydrogens (tertiary/aromatic N) is 4. The van der Waals surface area contributed by atoms with Crippen LogP contribution in [-0.4, -0.2) is 30.2 Å². The van der Waals surface area contributed by atoms with Crippen molar-refractivity contribution in [3.05, 3.63) is 48.5 Å². The third kappa shape index (κ3) is 3.22. The van der Waals surface area contributed by atoms with Crippen molar-refractivity contribution in [1.82, 2.24) is 19.5 Å². The topological polar surface area (TPSA) is 75.9 Å². The molecule has 1 fully saturated rings. The number of rotatable bonds is 6. The van der Waals surface area contributed by atoms with Gasteiger partial charge in [0.1, 0.15) is 11.8 Å². The summed E-state index contributed by atoms with van der Waals surface area (Å²) in [4.78, 5) is 13.3. The molecule has 0 aliphatic heterocycles. The molecule has 0 saturated heterocycles. The van der Waals surface area contributed by atoms with E-state index in [0.29, 0.717) is 6.54 Å². The van der Waals surface area contributed by atoms with Crippen molar-refractivity contribution in [3.8, 4) is 0 Å². The Morgan fingerprint density at radius 2 is 2.00 bits per heavy atom. The van der Waals surface area contributed by atoms with E-state index in [1.54, 1.807) is 12.7 Å². The van der Waals surface area contributed by atoms with Gasteiger partial charge in [-0.25, -0.2) is 15.0 Å². The molecule has 1 atom stereocenters. The average molecular weight is 337 g/mol.